The average molecular weight is 384 g/mol. The van der Waals surface area contributed by atoms with Crippen LogP contribution in [0.1, 0.15) is 10.6 Å². The highest BCUT2D eigenvalue weighted by molar-refractivity contribution is 6.35. The molecule has 1 aromatic carbocycles. The molecule has 2 heterocycles. The standard InChI is InChI=1S/C16H11Cl2NO6/c17-9-1-2-11(18)10(7-9)12-3-4-13(25-12)15(21)24-8-14(20)19-5-6-23-16(19)22/h1-4,7H,5-6,8H2. The van der Waals surface area contributed by atoms with Gasteiger partial charge in [-0.05, 0) is 30.3 Å². The molecule has 1 fully saturated rings. The fourth-order valence-corrected chi connectivity index (χ4v) is 2.56. The highest BCUT2D eigenvalue weighted by Gasteiger charge is 2.29. The SMILES string of the molecule is O=C(OCC(=O)N1CCOC1=O)c1ccc(-c2cc(Cl)ccc2Cl)o1. The summed E-state index contributed by atoms with van der Waals surface area (Å²) in [7, 11) is 0. The van der Waals surface area contributed by atoms with E-state index in [1.807, 2.05) is 0 Å². The molecule has 1 aliphatic rings. The largest absolute Gasteiger partial charge is 0.450 e. The predicted molar refractivity (Wildman–Crippen MR) is 87.5 cm³/mol. The summed E-state index contributed by atoms with van der Waals surface area (Å²) in [4.78, 5) is 35.9. The van der Waals surface area contributed by atoms with Gasteiger partial charge in [0, 0.05) is 10.6 Å². The van der Waals surface area contributed by atoms with Crippen LogP contribution in [0.4, 0.5) is 4.79 Å². The normalized spacial score (nSPS) is 13.7. The zero-order valence-electron chi connectivity index (χ0n) is 12.7. The van der Waals surface area contributed by atoms with E-state index in [9.17, 15) is 14.4 Å². The number of benzene rings is 1. The molecule has 0 saturated carbocycles. The first-order chi connectivity index (χ1) is 12.0. The summed E-state index contributed by atoms with van der Waals surface area (Å²) >= 11 is 12.0. The van der Waals surface area contributed by atoms with Crippen LogP contribution < -0.4 is 0 Å². The van der Waals surface area contributed by atoms with Crippen LogP contribution in [0, 0.1) is 0 Å². The molecule has 1 aromatic heterocycles. The van der Waals surface area contributed by atoms with Gasteiger partial charge < -0.3 is 13.9 Å². The second-order valence-corrected chi connectivity index (χ2v) is 5.87. The molecule has 25 heavy (non-hydrogen) atoms. The molecule has 7 nitrogen and oxygen atoms in total. The summed E-state index contributed by atoms with van der Waals surface area (Å²) in [6.07, 6.45) is -0.753. The molecule has 0 unspecified atom stereocenters. The Labute approximate surface area is 152 Å². The van der Waals surface area contributed by atoms with Gasteiger partial charge in [0.1, 0.15) is 12.4 Å². The van der Waals surface area contributed by atoms with E-state index in [2.05, 4.69) is 4.74 Å². The highest BCUT2D eigenvalue weighted by atomic mass is 35.5. The van der Waals surface area contributed by atoms with Crippen LogP contribution in [-0.2, 0) is 14.3 Å². The van der Waals surface area contributed by atoms with Gasteiger partial charge in [-0.3, -0.25) is 4.79 Å². The lowest BCUT2D eigenvalue weighted by molar-refractivity contribution is -0.131. The molecule has 0 N–H and O–H groups in total. The fraction of sp³-hybridized carbons (Fsp3) is 0.188. The van der Waals surface area contributed by atoms with Crippen molar-refractivity contribution in [2.45, 2.75) is 0 Å². The minimum Gasteiger partial charge on any atom is -0.450 e. The quantitative estimate of drug-likeness (QED) is 0.752. The van der Waals surface area contributed by atoms with Crippen molar-refractivity contribution >= 4 is 41.2 Å². The third-order valence-electron chi connectivity index (χ3n) is 3.39. The number of esters is 1. The highest BCUT2D eigenvalue weighted by Crippen LogP contribution is 2.31. The van der Waals surface area contributed by atoms with Crippen molar-refractivity contribution in [3.05, 3.63) is 46.1 Å². The molecule has 1 aliphatic heterocycles. The molecule has 0 atom stereocenters. The van der Waals surface area contributed by atoms with Crippen molar-refractivity contribution in [2.75, 3.05) is 19.8 Å². The topological polar surface area (TPSA) is 86.0 Å². The minimum absolute atomic E-state index is 0.108. The van der Waals surface area contributed by atoms with E-state index in [0.717, 1.165) is 4.90 Å². The number of amides is 2. The number of hydrogen-bond donors (Lipinski definition) is 0. The average Bonchev–Trinajstić information content (AvgIpc) is 3.23. The number of rotatable bonds is 4. The van der Waals surface area contributed by atoms with Crippen molar-refractivity contribution in [1.82, 2.24) is 4.90 Å². The first-order valence-corrected chi connectivity index (χ1v) is 7.91. The van der Waals surface area contributed by atoms with Crippen LogP contribution in [0.15, 0.2) is 34.7 Å². The number of nitrogens with zero attached hydrogens (tertiary/aromatic N) is 1. The summed E-state index contributed by atoms with van der Waals surface area (Å²) in [5.74, 6) is -1.29. The molecular formula is C16H11Cl2NO6. The lowest BCUT2D eigenvalue weighted by Crippen LogP contribution is -2.35. The minimum atomic E-state index is -0.842. The Morgan fingerprint density at radius 1 is 1.20 bits per heavy atom. The number of imide groups is 1. The molecule has 2 aromatic rings. The van der Waals surface area contributed by atoms with E-state index in [4.69, 9.17) is 32.4 Å². The number of carbonyl (C=O) groups excluding carboxylic acids is 3. The van der Waals surface area contributed by atoms with Crippen LogP contribution in [0.2, 0.25) is 10.0 Å². The van der Waals surface area contributed by atoms with Gasteiger partial charge in [0.15, 0.2) is 6.61 Å². The van der Waals surface area contributed by atoms with E-state index >= 15 is 0 Å². The maximum atomic E-state index is 12.0. The van der Waals surface area contributed by atoms with Crippen molar-refractivity contribution in [1.29, 1.82) is 0 Å². The van der Waals surface area contributed by atoms with Crippen LogP contribution in [0.3, 0.4) is 0 Å². The fourth-order valence-electron chi connectivity index (χ4n) is 2.17. The van der Waals surface area contributed by atoms with E-state index in [-0.39, 0.29) is 18.9 Å². The molecule has 3 rings (SSSR count). The van der Waals surface area contributed by atoms with Gasteiger partial charge in [-0.1, -0.05) is 23.2 Å². The van der Waals surface area contributed by atoms with Gasteiger partial charge in [0.2, 0.25) is 5.76 Å². The smallest absolute Gasteiger partial charge is 0.416 e. The molecule has 130 valence electrons. The monoisotopic (exact) mass is 383 g/mol. The van der Waals surface area contributed by atoms with E-state index < -0.39 is 24.6 Å². The zero-order chi connectivity index (χ0) is 18.0. The van der Waals surface area contributed by atoms with E-state index in [1.165, 1.54) is 12.1 Å². The Bertz CT molecular complexity index is 847. The van der Waals surface area contributed by atoms with Crippen LogP contribution in [0.25, 0.3) is 11.3 Å². The Balaban J connectivity index is 1.66. The summed E-state index contributed by atoms with van der Waals surface area (Å²) in [6.45, 7) is -0.338. The molecule has 0 radical (unpaired) electrons. The number of furan rings is 1. The number of cyclic esters (lactones) is 1. The summed E-state index contributed by atoms with van der Waals surface area (Å²) in [6, 6.07) is 7.76. The lowest BCUT2D eigenvalue weighted by Gasteiger charge is -2.10. The Morgan fingerprint density at radius 2 is 2.00 bits per heavy atom. The van der Waals surface area contributed by atoms with Crippen molar-refractivity contribution in [3.8, 4) is 11.3 Å². The van der Waals surface area contributed by atoms with Crippen LogP contribution >= 0.6 is 23.2 Å². The molecule has 9 heteroatoms. The maximum absolute atomic E-state index is 12.0. The number of hydrogen-bond acceptors (Lipinski definition) is 6. The maximum Gasteiger partial charge on any atom is 0.416 e. The van der Waals surface area contributed by atoms with Crippen molar-refractivity contribution in [3.63, 3.8) is 0 Å². The van der Waals surface area contributed by atoms with Gasteiger partial charge in [-0.2, -0.15) is 0 Å². The predicted octanol–water partition coefficient (Wildman–Crippen LogP) is 3.39. The second kappa shape index (κ2) is 7.16. The molecule has 0 aliphatic carbocycles. The Kier molecular flexibility index (Phi) is 4.96. The van der Waals surface area contributed by atoms with Crippen LogP contribution in [0.5, 0.6) is 0 Å². The third kappa shape index (κ3) is 3.78. The lowest BCUT2D eigenvalue weighted by atomic mass is 10.2. The molecule has 2 amide bonds. The van der Waals surface area contributed by atoms with Crippen molar-refractivity contribution < 1.29 is 28.3 Å². The Hall–Kier alpha value is -2.51. The van der Waals surface area contributed by atoms with Gasteiger partial charge in [0.05, 0.1) is 11.6 Å². The molecule has 0 spiro atoms. The summed E-state index contributed by atoms with van der Waals surface area (Å²) in [5, 5.41) is 0.865. The second-order valence-electron chi connectivity index (χ2n) is 5.02. The van der Waals surface area contributed by atoms with E-state index in [0.29, 0.717) is 21.4 Å². The third-order valence-corrected chi connectivity index (χ3v) is 3.95. The van der Waals surface area contributed by atoms with Gasteiger partial charge in [0.25, 0.3) is 5.91 Å². The first kappa shape index (κ1) is 17.3. The van der Waals surface area contributed by atoms with Gasteiger partial charge in [-0.15, -0.1) is 0 Å². The summed E-state index contributed by atoms with van der Waals surface area (Å²) < 4.78 is 14.9. The number of ether oxygens (including phenoxy) is 2. The molecule has 1 saturated heterocycles. The van der Waals surface area contributed by atoms with Gasteiger partial charge >= 0.3 is 12.1 Å². The Morgan fingerprint density at radius 3 is 2.72 bits per heavy atom. The molecule has 0 bridgehead atoms. The van der Waals surface area contributed by atoms with Gasteiger partial charge in [-0.25, -0.2) is 14.5 Å². The van der Waals surface area contributed by atoms with Crippen LogP contribution in [-0.4, -0.2) is 42.6 Å². The zero-order valence-corrected chi connectivity index (χ0v) is 14.2. The first-order valence-electron chi connectivity index (χ1n) is 7.15. The summed E-state index contributed by atoms with van der Waals surface area (Å²) in [5.41, 5.74) is 0.518. The number of halogens is 2. The number of carbonyl (C=O) groups is 3. The van der Waals surface area contributed by atoms with Crippen molar-refractivity contribution in [2.24, 2.45) is 0 Å². The molecular weight excluding hydrogens is 373 g/mol. The van der Waals surface area contributed by atoms with E-state index in [1.54, 1.807) is 18.2 Å².